The summed E-state index contributed by atoms with van der Waals surface area (Å²) in [4.78, 5) is 39.4. The van der Waals surface area contributed by atoms with E-state index in [1.54, 1.807) is 49.6 Å². The van der Waals surface area contributed by atoms with Gasteiger partial charge in [-0.25, -0.2) is 4.79 Å². The number of benzene rings is 3. The molecule has 3 aromatic carbocycles. The summed E-state index contributed by atoms with van der Waals surface area (Å²) in [5.74, 6) is 0.519. The number of ether oxygens (including phenoxy) is 2. The molecule has 1 N–H and O–H groups in total. The van der Waals surface area contributed by atoms with Crippen molar-refractivity contribution in [3.05, 3.63) is 105 Å². The summed E-state index contributed by atoms with van der Waals surface area (Å²) < 4.78 is 15.9. The highest BCUT2D eigenvalue weighted by Gasteiger charge is 2.24. The molecule has 0 saturated heterocycles. The van der Waals surface area contributed by atoms with E-state index in [9.17, 15) is 14.4 Å². The highest BCUT2D eigenvalue weighted by atomic mass is 16.5. The fourth-order valence-electron chi connectivity index (χ4n) is 5.09. The average molecular weight is 567 g/mol. The lowest BCUT2D eigenvalue weighted by Gasteiger charge is -2.20. The summed E-state index contributed by atoms with van der Waals surface area (Å²) in [6.07, 6.45) is 1.75. The van der Waals surface area contributed by atoms with Crippen molar-refractivity contribution in [3.8, 4) is 28.4 Å². The topological polar surface area (TPSA) is 96.5 Å². The van der Waals surface area contributed by atoms with Crippen molar-refractivity contribution in [3.63, 3.8) is 0 Å². The van der Waals surface area contributed by atoms with Crippen molar-refractivity contribution < 1.29 is 14.3 Å². The number of carbonyl (C=O) groups excluding carboxylic acids is 1. The molecule has 0 unspecified atom stereocenters. The second kappa shape index (κ2) is 10.7. The van der Waals surface area contributed by atoms with E-state index in [-0.39, 0.29) is 11.3 Å². The lowest BCUT2D eigenvalue weighted by Crippen LogP contribution is -2.36. The Morgan fingerprint density at radius 2 is 1.48 bits per heavy atom. The smallest absolute Gasteiger partial charge is 0.330 e. The number of nitrogens with one attached hydrogen (secondary N) is 1. The van der Waals surface area contributed by atoms with Crippen LogP contribution in [0.2, 0.25) is 0 Å². The minimum absolute atomic E-state index is 0.0563. The molecule has 0 aliphatic carbocycles. The number of rotatable bonds is 6. The maximum absolute atomic E-state index is 13.6. The van der Waals surface area contributed by atoms with Crippen LogP contribution in [0.25, 0.3) is 27.8 Å². The lowest BCUT2D eigenvalue weighted by atomic mass is 9.86. The van der Waals surface area contributed by atoms with Gasteiger partial charge in [-0.1, -0.05) is 63.2 Å². The van der Waals surface area contributed by atoms with Crippen LogP contribution in [-0.4, -0.2) is 33.8 Å². The molecule has 42 heavy (non-hydrogen) atoms. The van der Waals surface area contributed by atoms with Gasteiger partial charge in [-0.05, 0) is 28.7 Å². The number of nitrogens with zero attached hydrogens (tertiary/aromatic N) is 3. The van der Waals surface area contributed by atoms with Crippen LogP contribution in [0.3, 0.4) is 0 Å². The number of carbonyl (C=O) groups is 1. The third kappa shape index (κ3) is 4.87. The van der Waals surface area contributed by atoms with E-state index in [1.807, 2.05) is 34.9 Å². The Kier molecular flexibility index (Phi) is 7.28. The van der Waals surface area contributed by atoms with Gasteiger partial charge in [0.15, 0.2) is 0 Å². The van der Waals surface area contributed by atoms with Crippen molar-refractivity contribution in [2.45, 2.75) is 26.2 Å². The third-order valence-corrected chi connectivity index (χ3v) is 7.51. The molecule has 0 aliphatic rings. The molecule has 0 saturated carbocycles. The Hall–Kier alpha value is -5.05. The highest BCUT2D eigenvalue weighted by molar-refractivity contribution is 6.05. The van der Waals surface area contributed by atoms with E-state index < -0.39 is 11.2 Å². The molecule has 2 aromatic heterocycles. The predicted octanol–water partition coefficient (Wildman–Crippen LogP) is 5.26. The predicted molar refractivity (Wildman–Crippen MR) is 165 cm³/mol. The third-order valence-electron chi connectivity index (χ3n) is 7.51. The van der Waals surface area contributed by atoms with Gasteiger partial charge in [0.2, 0.25) is 0 Å². The second-order valence-electron chi connectivity index (χ2n) is 11.2. The fraction of sp³-hybridized carbons (Fsp3) is 0.242. The van der Waals surface area contributed by atoms with Gasteiger partial charge in [0, 0.05) is 38.0 Å². The number of aromatic nitrogens is 3. The molecular weight excluding hydrogens is 532 g/mol. The minimum Gasteiger partial charge on any atom is -0.494 e. The van der Waals surface area contributed by atoms with Crippen molar-refractivity contribution in [1.82, 2.24) is 13.7 Å². The summed E-state index contributed by atoms with van der Waals surface area (Å²) in [6.45, 7) is 6.42. The molecule has 0 atom stereocenters. The van der Waals surface area contributed by atoms with Crippen molar-refractivity contribution >= 4 is 22.5 Å². The second-order valence-corrected chi connectivity index (χ2v) is 11.2. The van der Waals surface area contributed by atoms with Gasteiger partial charge in [-0.2, -0.15) is 0 Å². The first kappa shape index (κ1) is 28.5. The first-order valence-corrected chi connectivity index (χ1v) is 13.5. The molecule has 0 fully saturated rings. The van der Waals surface area contributed by atoms with E-state index in [0.29, 0.717) is 45.0 Å². The van der Waals surface area contributed by atoms with Crippen LogP contribution in [0, 0.1) is 0 Å². The molecule has 9 nitrogen and oxygen atoms in total. The first-order valence-electron chi connectivity index (χ1n) is 13.5. The van der Waals surface area contributed by atoms with Crippen molar-refractivity contribution in [2.75, 3.05) is 19.5 Å². The van der Waals surface area contributed by atoms with E-state index in [0.717, 1.165) is 15.7 Å². The number of amides is 1. The zero-order valence-electron chi connectivity index (χ0n) is 24.8. The number of hydrogen-bond donors (Lipinski definition) is 1. The standard InChI is InChI=1S/C33H34N4O5/c1-33(2,3)22-15-13-20(14-16-22)29-28-25(35(4)32(40)36(5)31(28)39)19-37(29)24-18-26(41-6)23(17-27(24)42-7)34-30(38)21-11-9-8-10-12-21/h8-19H,1-7H3,(H,34,38). The number of aryl methyl sites for hydroxylation is 1. The van der Waals surface area contributed by atoms with Gasteiger partial charge in [0.05, 0.1) is 42.2 Å². The summed E-state index contributed by atoms with van der Waals surface area (Å²) >= 11 is 0. The molecule has 0 bridgehead atoms. The molecule has 0 radical (unpaired) electrons. The lowest BCUT2D eigenvalue weighted by molar-refractivity contribution is 0.102. The molecular formula is C33H34N4O5. The molecule has 2 heterocycles. The van der Waals surface area contributed by atoms with E-state index >= 15 is 0 Å². The quantitative estimate of drug-likeness (QED) is 0.302. The zero-order chi connectivity index (χ0) is 30.3. The fourth-order valence-corrected chi connectivity index (χ4v) is 5.09. The monoisotopic (exact) mass is 566 g/mol. The van der Waals surface area contributed by atoms with Crippen LogP contribution < -0.4 is 26.0 Å². The van der Waals surface area contributed by atoms with Gasteiger partial charge in [-0.15, -0.1) is 0 Å². The van der Waals surface area contributed by atoms with Gasteiger partial charge in [-0.3, -0.25) is 18.7 Å². The number of methoxy groups -OCH3 is 2. The van der Waals surface area contributed by atoms with E-state index in [1.165, 1.54) is 25.8 Å². The summed E-state index contributed by atoms with van der Waals surface area (Å²) in [6, 6.07) is 20.4. The molecule has 9 heteroatoms. The number of hydrogen-bond acceptors (Lipinski definition) is 5. The van der Waals surface area contributed by atoms with Crippen LogP contribution >= 0.6 is 0 Å². The largest absolute Gasteiger partial charge is 0.494 e. The van der Waals surface area contributed by atoms with Gasteiger partial charge in [0.1, 0.15) is 11.5 Å². The van der Waals surface area contributed by atoms with Crippen molar-refractivity contribution in [2.24, 2.45) is 14.1 Å². The van der Waals surface area contributed by atoms with Gasteiger partial charge in [0.25, 0.3) is 11.5 Å². The summed E-state index contributed by atoms with van der Waals surface area (Å²) in [7, 11) is 6.16. The molecule has 5 aromatic rings. The van der Waals surface area contributed by atoms with E-state index in [2.05, 4.69) is 26.1 Å². The molecule has 1 amide bonds. The zero-order valence-corrected chi connectivity index (χ0v) is 24.8. The number of fused-ring (bicyclic) bond motifs is 1. The van der Waals surface area contributed by atoms with Crippen LogP contribution in [0.4, 0.5) is 5.69 Å². The average Bonchev–Trinajstić information content (AvgIpc) is 3.39. The normalized spacial score (nSPS) is 11.5. The summed E-state index contributed by atoms with van der Waals surface area (Å²) in [5.41, 5.74) is 3.60. The summed E-state index contributed by atoms with van der Waals surface area (Å²) in [5, 5.41) is 3.30. The molecule has 0 aliphatic heterocycles. The Morgan fingerprint density at radius 3 is 2.07 bits per heavy atom. The molecule has 5 rings (SSSR count). The minimum atomic E-state index is -0.428. The maximum Gasteiger partial charge on any atom is 0.330 e. The SMILES string of the molecule is COc1cc(-n2cc3c(c2-c2ccc(C(C)(C)C)cc2)c(=O)n(C)c(=O)n3C)c(OC)cc1NC(=O)c1ccccc1. The molecule has 0 spiro atoms. The van der Waals surface area contributed by atoms with Crippen molar-refractivity contribution in [1.29, 1.82) is 0 Å². The van der Waals surface area contributed by atoms with Crippen LogP contribution in [0.1, 0.15) is 36.7 Å². The first-order chi connectivity index (χ1) is 20.0. The Morgan fingerprint density at radius 1 is 0.833 bits per heavy atom. The van der Waals surface area contributed by atoms with Crippen LogP contribution in [0.5, 0.6) is 11.5 Å². The number of anilines is 1. The Labute approximate surface area is 243 Å². The Balaban J connectivity index is 1.77. The van der Waals surface area contributed by atoms with Gasteiger partial charge >= 0.3 is 5.69 Å². The maximum atomic E-state index is 13.6. The Bertz CT molecular complexity index is 1930. The van der Waals surface area contributed by atoms with Crippen LogP contribution in [0.15, 0.2) is 82.5 Å². The van der Waals surface area contributed by atoms with Gasteiger partial charge < -0.3 is 19.4 Å². The van der Waals surface area contributed by atoms with E-state index in [4.69, 9.17) is 9.47 Å². The van der Waals surface area contributed by atoms with Crippen LogP contribution in [-0.2, 0) is 19.5 Å². The highest BCUT2D eigenvalue weighted by Crippen LogP contribution is 2.40. The molecule has 216 valence electrons.